The van der Waals surface area contributed by atoms with Crippen LogP contribution in [0.5, 0.6) is 0 Å². The number of hydrogen-bond acceptors (Lipinski definition) is 2. The zero-order valence-corrected chi connectivity index (χ0v) is 14.4. The first kappa shape index (κ1) is 15.5. The highest BCUT2D eigenvalue weighted by Gasteiger charge is 2.14. The van der Waals surface area contributed by atoms with Crippen molar-refractivity contribution in [1.82, 2.24) is 14.7 Å². The minimum atomic E-state index is 0.817. The Kier molecular flexibility index (Phi) is 5.24. The number of rotatable bonds is 5. The van der Waals surface area contributed by atoms with Gasteiger partial charge in [-0.1, -0.05) is 36.7 Å². The summed E-state index contributed by atoms with van der Waals surface area (Å²) in [7, 11) is 4.08. The Bertz CT molecular complexity index is 595. The summed E-state index contributed by atoms with van der Waals surface area (Å²) in [6.45, 7) is 3.76. The van der Waals surface area contributed by atoms with E-state index in [1.807, 2.05) is 29.9 Å². The van der Waals surface area contributed by atoms with Crippen LogP contribution < -0.4 is 0 Å². The van der Waals surface area contributed by atoms with Crippen molar-refractivity contribution >= 4 is 27.5 Å². The second-order valence-corrected chi connectivity index (χ2v) is 6.15. The summed E-state index contributed by atoms with van der Waals surface area (Å²) in [5.74, 6) is 0. The monoisotopic (exact) mass is 355 g/mol. The molecule has 2 rings (SSSR count). The van der Waals surface area contributed by atoms with Gasteiger partial charge in [0.1, 0.15) is 0 Å². The van der Waals surface area contributed by atoms with Gasteiger partial charge in [0.05, 0.1) is 15.9 Å². The molecule has 0 atom stereocenters. The third-order valence-electron chi connectivity index (χ3n) is 3.32. The normalized spacial score (nSPS) is 11.3. The molecular weight excluding hydrogens is 338 g/mol. The van der Waals surface area contributed by atoms with Crippen LogP contribution in [-0.4, -0.2) is 21.7 Å². The summed E-state index contributed by atoms with van der Waals surface area (Å²) >= 11 is 9.86. The number of halogens is 2. The summed E-state index contributed by atoms with van der Waals surface area (Å²) in [6.07, 6.45) is 0.933. The van der Waals surface area contributed by atoms with Crippen LogP contribution in [0, 0.1) is 0 Å². The molecule has 0 aliphatic carbocycles. The fourth-order valence-electron chi connectivity index (χ4n) is 2.22. The lowest BCUT2D eigenvalue weighted by atomic mass is 10.2. The van der Waals surface area contributed by atoms with Crippen LogP contribution in [0.25, 0.3) is 0 Å². The molecule has 0 aliphatic rings. The van der Waals surface area contributed by atoms with Crippen molar-refractivity contribution in [3.63, 3.8) is 0 Å². The van der Waals surface area contributed by atoms with E-state index in [0.29, 0.717) is 0 Å². The first-order valence-electron chi connectivity index (χ1n) is 6.65. The van der Waals surface area contributed by atoms with Gasteiger partial charge in [-0.15, -0.1) is 0 Å². The van der Waals surface area contributed by atoms with E-state index in [1.54, 1.807) is 0 Å². The molecule has 0 saturated heterocycles. The summed E-state index contributed by atoms with van der Waals surface area (Å²) in [6, 6.07) is 7.97. The SMILES string of the molecule is CCc1nn(C)c(CN(C)Cc2ccccc2Cl)c1Br. The van der Waals surface area contributed by atoms with Crippen molar-refractivity contribution in [2.45, 2.75) is 26.4 Å². The highest BCUT2D eigenvalue weighted by Crippen LogP contribution is 2.24. The molecule has 0 aliphatic heterocycles. The first-order valence-corrected chi connectivity index (χ1v) is 7.82. The standard InChI is InChI=1S/C15H19BrClN3/c1-4-13-15(16)14(20(3)18-13)10-19(2)9-11-7-5-6-8-12(11)17/h5-8H,4,9-10H2,1-3H3. The maximum Gasteiger partial charge on any atom is 0.0767 e. The van der Waals surface area contributed by atoms with Crippen molar-refractivity contribution in [1.29, 1.82) is 0 Å². The van der Waals surface area contributed by atoms with Gasteiger partial charge in [0.25, 0.3) is 0 Å². The highest BCUT2D eigenvalue weighted by molar-refractivity contribution is 9.10. The average molecular weight is 357 g/mol. The molecule has 0 N–H and O–H groups in total. The molecule has 2 aromatic rings. The molecule has 0 spiro atoms. The van der Waals surface area contributed by atoms with E-state index >= 15 is 0 Å². The zero-order valence-electron chi connectivity index (χ0n) is 12.0. The van der Waals surface area contributed by atoms with Gasteiger partial charge < -0.3 is 0 Å². The van der Waals surface area contributed by atoms with Crippen LogP contribution in [0.3, 0.4) is 0 Å². The minimum Gasteiger partial charge on any atom is -0.296 e. The van der Waals surface area contributed by atoms with Gasteiger partial charge in [-0.3, -0.25) is 9.58 Å². The van der Waals surface area contributed by atoms with Crippen LogP contribution in [0.1, 0.15) is 23.9 Å². The summed E-state index contributed by atoms with van der Waals surface area (Å²) < 4.78 is 3.07. The number of benzene rings is 1. The largest absolute Gasteiger partial charge is 0.296 e. The predicted molar refractivity (Wildman–Crippen MR) is 86.9 cm³/mol. The molecule has 108 valence electrons. The Labute approximate surface area is 133 Å². The molecule has 1 heterocycles. The third kappa shape index (κ3) is 3.43. The number of aryl methyl sites for hydroxylation is 2. The van der Waals surface area contributed by atoms with Crippen molar-refractivity contribution in [2.24, 2.45) is 7.05 Å². The lowest BCUT2D eigenvalue weighted by Gasteiger charge is -2.18. The molecule has 20 heavy (non-hydrogen) atoms. The third-order valence-corrected chi connectivity index (χ3v) is 4.60. The van der Waals surface area contributed by atoms with Gasteiger partial charge in [0.2, 0.25) is 0 Å². The molecule has 1 aromatic heterocycles. The molecule has 0 unspecified atom stereocenters. The molecule has 0 fully saturated rings. The van der Waals surface area contributed by atoms with E-state index in [4.69, 9.17) is 11.6 Å². The highest BCUT2D eigenvalue weighted by atomic mass is 79.9. The Morgan fingerprint density at radius 1 is 1.30 bits per heavy atom. The van der Waals surface area contributed by atoms with Crippen LogP contribution in [0.4, 0.5) is 0 Å². The van der Waals surface area contributed by atoms with Gasteiger partial charge in [0.15, 0.2) is 0 Å². The molecule has 0 saturated carbocycles. The maximum atomic E-state index is 6.21. The van der Waals surface area contributed by atoms with Crippen LogP contribution in [-0.2, 0) is 26.6 Å². The molecule has 0 amide bonds. The fourth-order valence-corrected chi connectivity index (χ4v) is 3.16. The lowest BCUT2D eigenvalue weighted by molar-refractivity contribution is 0.309. The number of nitrogens with zero attached hydrogens (tertiary/aromatic N) is 3. The Morgan fingerprint density at radius 2 is 2.00 bits per heavy atom. The van der Waals surface area contributed by atoms with Crippen molar-refractivity contribution in [2.75, 3.05) is 7.05 Å². The molecule has 5 heteroatoms. The van der Waals surface area contributed by atoms with Crippen molar-refractivity contribution < 1.29 is 0 Å². The van der Waals surface area contributed by atoms with Crippen LogP contribution in [0.15, 0.2) is 28.7 Å². The van der Waals surface area contributed by atoms with Gasteiger partial charge in [0, 0.05) is 25.2 Å². The van der Waals surface area contributed by atoms with E-state index in [-0.39, 0.29) is 0 Å². The maximum absolute atomic E-state index is 6.21. The second-order valence-electron chi connectivity index (χ2n) is 4.95. The fraction of sp³-hybridized carbons (Fsp3) is 0.400. The number of aromatic nitrogens is 2. The molecule has 0 radical (unpaired) electrons. The Morgan fingerprint density at radius 3 is 2.60 bits per heavy atom. The zero-order chi connectivity index (χ0) is 14.7. The summed E-state index contributed by atoms with van der Waals surface area (Å²) in [5, 5.41) is 5.34. The van der Waals surface area contributed by atoms with E-state index in [1.165, 1.54) is 5.69 Å². The lowest BCUT2D eigenvalue weighted by Crippen LogP contribution is -2.19. The number of hydrogen-bond donors (Lipinski definition) is 0. The van der Waals surface area contributed by atoms with Crippen LogP contribution >= 0.6 is 27.5 Å². The van der Waals surface area contributed by atoms with Gasteiger partial charge in [-0.05, 0) is 41.0 Å². The van der Waals surface area contributed by atoms with Crippen LogP contribution in [0.2, 0.25) is 5.02 Å². The molecule has 0 bridgehead atoms. The van der Waals surface area contributed by atoms with Crippen molar-refractivity contribution in [3.05, 3.63) is 50.7 Å². The predicted octanol–water partition coefficient (Wildman–Crippen LogP) is 4.03. The van der Waals surface area contributed by atoms with E-state index in [9.17, 15) is 0 Å². The summed E-state index contributed by atoms with van der Waals surface area (Å²) in [4.78, 5) is 2.24. The first-order chi connectivity index (χ1) is 9.52. The Balaban J connectivity index is 2.11. The quantitative estimate of drug-likeness (QED) is 0.806. The van der Waals surface area contributed by atoms with Crippen molar-refractivity contribution in [3.8, 4) is 0 Å². The van der Waals surface area contributed by atoms with Gasteiger partial charge in [-0.25, -0.2) is 0 Å². The average Bonchev–Trinajstić information content (AvgIpc) is 2.69. The molecule has 1 aromatic carbocycles. The topological polar surface area (TPSA) is 21.1 Å². The minimum absolute atomic E-state index is 0.817. The second kappa shape index (κ2) is 6.74. The van der Waals surface area contributed by atoms with E-state index < -0.39 is 0 Å². The summed E-state index contributed by atoms with van der Waals surface area (Å²) in [5.41, 5.74) is 3.44. The van der Waals surface area contributed by atoms with E-state index in [0.717, 1.165) is 40.3 Å². The Hall–Kier alpha value is -0.840. The van der Waals surface area contributed by atoms with Gasteiger partial charge >= 0.3 is 0 Å². The van der Waals surface area contributed by atoms with E-state index in [2.05, 4.69) is 46.0 Å². The molecule has 3 nitrogen and oxygen atoms in total. The molecular formula is C15H19BrClN3. The van der Waals surface area contributed by atoms with Gasteiger partial charge in [-0.2, -0.15) is 5.10 Å². The smallest absolute Gasteiger partial charge is 0.0767 e.